The summed E-state index contributed by atoms with van der Waals surface area (Å²) >= 11 is 1.87. The lowest BCUT2D eigenvalue weighted by Crippen LogP contribution is -2.10. The van der Waals surface area contributed by atoms with Crippen molar-refractivity contribution in [2.75, 3.05) is 4.90 Å². The molecular formula is C42H27NS. The van der Waals surface area contributed by atoms with Crippen LogP contribution in [-0.2, 0) is 0 Å². The first-order chi connectivity index (χ1) is 21.8. The molecule has 0 amide bonds. The second-order valence-corrected chi connectivity index (χ2v) is 12.5. The Morgan fingerprint density at radius 1 is 0.318 bits per heavy atom. The van der Waals surface area contributed by atoms with Crippen LogP contribution in [0.2, 0.25) is 0 Å². The van der Waals surface area contributed by atoms with Gasteiger partial charge in [0.05, 0.1) is 0 Å². The Morgan fingerprint density at radius 2 is 0.977 bits per heavy atom. The van der Waals surface area contributed by atoms with E-state index in [2.05, 4.69) is 169 Å². The van der Waals surface area contributed by atoms with Gasteiger partial charge in [-0.15, -0.1) is 11.3 Å². The van der Waals surface area contributed by atoms with Crippen molar-refractivity contribution >= 4 is 80.9 Å². The van der Waals surface area contributed by atoms with E-state index in [4.69, 9.17) is 0 Å². The zero-order valence-electron chi connectivity index (χ0n) is 23.9. The topological polar surface area (TPSA) is 3.24 Å². The van der Waals surface area contributed by atoms with E-state index in [0.29, 0.717) is 0 Å². The molecule has 9 aromatic rings. The fourth-order valence-corrected chi connectivity index (χ4v) is 7.77. The van der Waals surface area contributed by atoms with Crippen molar-refractivity contribution in [3.63, 3.8) is 0 Å². The van der Waals surface area contributed by atoms with Gasteiger partial charge in [0.1, 0.15) is 0 Å². The average Bonchev–Trinajstić information content (AvgIpc) is 3.45. The average molecular weight is 578 g/mol. The minimum Gasteiger partial charge on any atom is -0.310 e. The van der Waals surface area contributed by atoms with Gasteiger partial charge in [-0.3, -0.25) is 0 Å². The minimum absolute atomic E-state index is 1.13. The van der Waals surface area contributed by atoms with Gasteiger partial charge in [-0.05, 0) is 98.0 Å². The monoisotopic (exact) mass is 577 g/mol. The molecule has 1 nitrogen and oxygen atoms in total. The van der Waals surface area contributed by atoms with Crippen LogP contribution >= 0.6 is 11.3 Å². The van der Waals surface area contributed by atoms with E-state index in [1.54, 1.807) is 0 Å². The standard InChI is InChI=1S/C42H27NS/c1-2-9-28(10-3-1)30-12-8-13-34(23-30)43(36-21-22-38-32(24-36)18-17-29-11-4-5-14-37(29)38)35-20-19-31-26-40-39-15-6-7-16-41(39)44-42(40)27-33(31)25-35/h1-27H. The minimum atomic E-state index is 1.13. The zero-order chi connectivity index (χ0) is 29.0. The summed E-state index contributed by atoms with van der Waals surface area (Å²) in [6, 6.07) is 59.8. The molecule has 0 unspecified atom stereocenters. The number of benzene rings is 8. The lowest BCUT2D eigenvalue weighted by atomic mass is 10.00. The summed E-state index contributed by atoms with van der Waals surface area (Å²) in [6.07, 6.45) is 0. The quantitative estimate of drug-likeness (QED) is 0.188. The zero-order valence-corrected chi connectivity index (χ0v) is 24.8. The van der Waals surface area contributed by atoms with Gasteiger partial charge in [-0.1, -0.05) is 109 Å². The summed E-state index contributed by atoms with van der Waals surface area (Å²) in [5.41, 5.74) is 5.83. The molecule has 0 fully saturated rings. The van der Waals surface area contributed by atoms with Gasteiger partial charge in [0.2, 0.25) is 0 Å². The summed E-state index contributed by atoms with van der Waals surface area (Å²) in [6.45, 7) is 0. The molecule has 0 aliphatic rings. The molecule has 0 atom stereocenters. The third-order valence-corrected chi connectivity index (χ3v) is 9.91. The highest BCUT2D eigenvalue weighted by Gasteiger charge is 2.16. The summed E-state index contributed by atoms with van der Waals surface area (Å²) in [7, 11) is 0. The van der Waals surface area contributed by atoms with E-state index in [1.807, 2.05) is 11.3 Å². The first-order valence-corrected chi connectivity index (χ1v) is 15.8. The molecule has 0 spiro atoms. The Bertz CT molecular complexity index is 2510. The molecule has 1 heterocycles. The number of hydrogen-bond donors (Lipinski definition) is 0. The van der Waals surface area contributed by atoms with Crippen LogP contribution in [0.25, 0.3) is 63.6 Å². The Balaban J connectivity index is 1.25. The molecule has 0 N–H and O–H groups in total. The first kappa shape index (κ1) is 25.1. The Labute approximate surface area is 259 Å². The molecule has 8 aromatic carbocycles. The third-order valence-electron chi connectivity index (χ3n) is 8.78. The lowest BCUT2D eigenvalue weighted by Gasteiger charge is -2.27. The van der Waals surface area contributed by atoms with Gasteiger partial charge in [-0.2, -0.15) is 0 Å². The van der Waals surface area contributed by atoms with E-state index in [0.717, 1.165) is 17.1 Å². The van der Waals surface area contributed by atoms with Crippen LogP contribution < -0.4 is 4.90 Å². The normalized spacial score (nSPS) is 11.6. The molecule has 0 aliphatic heterocycles. The van der Waals surface area contributed by atoms with Crippen molar-refractivity contribution < 1.29 is 0 Å². The maximum atomic E-state index is 2.40. The number of anilines is 3. The van der Waals surface area contributed by atoms with E-state index in [-0.39, 0.29) is 0 Å². The molecule has 2 heteroatoms. The number of thiophene rings is 1. The largest absolute Gasteiger partial charge is 0.310 e. The summed E-state index contributed by atoms with van der Waals surface area (Å²) in [5, 5.41) is 10.2. The second-order valence-electron chi connectivity index (χ2n) is 11.4. The summed E-state index contributed by atoms with van der Waals surface area (Å²) in [4.78, 5) is 2.40. The molecule has 0 bridgehead atoms. The molecular weight excluding hydrogens is 551 g/mol. The first-order valence-electron chi connectivity index (χ1n) is 15.0. The van der Waals surface area contributed by atoms with Gasteiger partial charge in [0, 0.05) is 37.2 Å². The number of fused-ring (bicyclic) bond motifs is 7. The van der Waals surface area contributed by atoms with Crippen LogP contribution in [0.3, 0.4) is 0 Å². The molecule has 0 radical (unpaired) electrons. The van der Waals surface area contributed by atoms with Crippen LogP contribution in [0.5, 0.6) is 0 Å². The smallest absolute Gasteiger partial charge is 0.0468 e. The second kappa shape index (κ2) is 10.1. The Hall–Kier alpha value is -5.44. The van der Waals surface area contributed by atoms with Crippen LogP contribution in [0.4, 0.5) is 17.1 Å². The van der Waals surface area contributed by atoms with Crippen LogP contribution in [0.15, 0.2) is 164 Å². The van der Waals surface area contributed by atoms with Crippen molar-refractivity contribution in [1.29, 1.82) is 0 Å². The SMILES string of the molecule is c1ccc(-c2cccc(N(c3ccc4cc5c(cc4c3)sc3ccccc35)c3ccc4c(ccc5ccccc54)c3)c2)cc1. The maximum absolute atomic E-state index is 2.40. The van der Waals surface area contributed by atoms with Gasteiger partial charge >= 0.3 is 0 Å². The predicted octanol–water partition coefficient (Wildman–Crippen LogP) is 12.7. The van der Waals surface area contributed by atoms with Gasteiger partial charge < -0.3 is 4.90 Å². The van der Waals surface area contributed by atoms with Crippen molar-refractivity contribution in [2.24, 2.45) is 0 Å². The van der Waals surface area contributed by atoms with E-state index < -0.39 is 0 Å². The van der Waals surface area contributed by atoms with Gasteiger partial charge in [0.25, 0.3) is 0 Å². The summed E-state index contributed by atoms with van der Waals surface area (Å²) in [5.74, 6) is 0. The van der Waals surface area contributed by atoms with Crippen molar-refractivity contribution in [2.45, 2.75) is 0 Å². The van der Waals surface area contributed by atoms with Crippen LogP contribution in [0, 0.1) is 0 Å². The highest BCUT2D eigenvalue weighted by molar-refractivity contribution is 7.25. The fourth-order valence-electron chi connectivity index (χ4n) is 6.64. The van der Waals surface area contributed by atoms with E-state index in [9.17, 15) is 0 Å². The molecule has 44 heavy (non-hydrogen) atoms. The number of nitrogens with zero attached hydrogens (tertiary/aromatic N) is 1. The maximum Gasteiger partial charge on any atom is 0.0468 e. The van der Waals surface area contributed by atoms with E-state index in [1.165, 1.54) is 63.6 Å². The molecule has 1 aromatic heterocycles. The van der Waals surface area contributed by atoms with Crippen molar-refractivity contribution in [1.82, 2.24) is 0 Å². The molecule has 9 rings (SSSR count). The van der Waals surface area contributed by atoms with Crippen molar-refractivity contribution in [3.05, 3.63) is 164 Å². The van der Waals surface area contributed by atoms with Gasteiger partial charge in [0.15, 0.2) is 0 Å². The van der Waals surface area contributed by atoms with Crippen LogP contribution in [0.1, 0.15) is 0 Å². The van der Waals surface area contributed by atoms with Crippen LogP contribution in [-0.4, -0.2) is 0 Å². The molecule has 0 saturated carbocycles. The molecule has 206 valence electrons. The van der Waals surface area contributed by atoms with Gasteiger partial charge in [-0.25, -0.2) is 0 Å². The predicted molar refractivity (Wildman–Crippen MR) is 192 cm³/mol. The Kier molecular flexibility index (Phi) is 5.75. The third kappa shape index (κ3) is 4.15. The summed E-state index contributed by atoms with van der Waals surface area (Å²) < 4.78 is 2.66. The molecule has 0 aliphatic carbocycles. The highest BCUT2D eigenvalue weighted by Crippen LogP contribution is 2.42. The number of rotatable bonds is 4. The number of hydrogen-bond acceptors (Lipinski definition) is 2. The Morgan fingerprint density at radius 3 is 1.89 bits per heavy atom. The molecule has 0 saturated heterocycles. The lowest BCUT2D eigenvalue weighted by molar-refractivity contribution is 1.29. The fraction of sp³-hybridized carbons (Fsp3) is 0. The van der Waals surface area contributed by atoms with E-state index >= 15 is 0 Å². The highest BCUT2D eigenvalue weighted by atomic mass is 32.1. The van der Waals surface area contributed by atoms with Crippen molar-refractivity contribution in [3.8, 4) is 11.1 Å².